The Kier molecular flexibility index (Phi) is 9.46. The molecule has 0 aromatic heterocycles. The van der Waals surface area contributed by atoms with Crippen molar-refractivity contribution < 1.29 is 23.9 Å². The Hall–Kier alpha value is -3.76. The van der Waals surface area contributed by atoms with Crippen molar-refractivity contribution in [3.05, 3.63) is 65.2 Å². The van der Waals surface area contributed by atoms with Gasteiger partial charge in [-0.15, -0.1) is 0 Å². The van der Waals surface area contributed by atoms with Gasteiger partial charge in [0.1, 0.15) is 11.6 Å². The quantitative estimate of drug-likeness (QED) is 0.333. The predicted molar refractivity (Wildman–Crippen MR) is 164 cm³/mol. The lowest BCUT2D eigenvalue weighted by atomic mass is 9.93. The maximum atomic E-state index is 12.8. The molecule has 3 heterocycles. The van der Waals surface area contributed by atoms with E-state index in [9.17, 15) is 19.2 Å². The van der Waals surface area contributed by atoms with Gasteiger partial charge in [0.15, 0.2) is 0 Å². The second-order valence-corrected chi connectivity index (χ2v) is 12.8. The van der Waals surface area contributed by atoms with E-state index >= 15 is 0 Å². The fourth-order valence-corrected chi connectivity index (χ4v) is 6.07. The van der Waals surface area contributed by atoms with Crippen molar-refractivity contribution in [2.75, 3.05) is 44.2 Å². The van der Waals surface area contributed by atoms with Crippen LogP contribution < -0.4 is 20.9 Å². The van der Waals surface area contributed by atoms with Crippen molar-refractivity contribution in [2.24, 2.45) is 5.92 Å². The molecule has 0 saturated carbocycles. The van der Waals surface area contributed by atoms with Gasteiger partial charge in [-0.1, -0.05) is 12.1 Å². The Morgan fingerprint density at radius 1 is 0.930 bits per heavy atom. The molecular weight excluding hydrogens is 546 g/mol. The average Bonchev–Trinajstić information content (AvgIpc) is 2.98. The molecule has 2 aromatic rings. The van der Waals surface area contributed by atoms with Crippen LogP contribution in [0.2, 0.25) is 0 Å². The van der Waals surface area contributed by atoms with Gasteiger partial charge in [0, 0.05) is 63.0 Å². The summed E-state index contributed by atoms with van der Waals surface area (Å²) in [5, 5.41) is 8.54. The summed E-state index contributed by atoms with van der Waals surface area (Å²) in [7, 11) is 0. The normalized spacial score (nSPS) is 22.2. The third-order valence-electron chi connectivity index (χ3n) is 8.43. The Labute approximate surface area is 253 Å². The number of esters is 1. The van der Waals surface area contributed by atoms with Crippen LogP contribution in [0.1, 0.15) is 78.8 Å². The van der Waals surface area contributed by atoms with Crippen LogP contribution in [0.4, 0.5) is 5.69 Å². The second kappa shape index (κ2) is 13.3. The Morgan fingerprint density at radius 2 is 1.60 bits per heavy atom. The van der Waals surface area contributed by atoms with E-state index in [0.29, 0.717) is 23.5 Å². The van der Waals surface area contributed by atoms with E-state index in [-0.39, 0.29) is 30.2 Å². The van der Waals surface area contributed by atoms with E-state index in [0.717, 1.165) is 63.4 Å². The molecule has 3 amide bonds. The zero-order valence-electron chi connectivity index (χ0n) is 25.4. The topological polar surface area (TPSA) is 120 Å². The summed E-state index contributed by atoms with van der Waals surface area (Å²) in [6.07, 6.45) is 2.74. The lowest BCUT2D eigenvalue weighted by Gasteiger charge is -2.41. The molecule has 2 aromatic carbocycles. The number of hydrogen-bond acceptors (Lipinski definition) is 8. The number of benzene rings is 2. The minimum atomic E-state index is -0.689. The SMILES string of the molecule is CC(C)(C)OC(=O)c1ccc(N2CCC(CN3CCNCC3c3ccc(C(=O)NC4CCC(=O)NC4=O)cc3)CC2)cc1. The van der Waals surface area contributed by atoms with Crippen molar-refractivity contribution in [1.82, 2.24) is 20.9 Å². The van der Waals surface area contributed by atoms with Gasteiger partial charge in [0.25, 0.3) is 5.91 Å². The van der Waals surface area contributed by atoms with Gasteiger partial charge in [-0.2, -0.15) is 0 Å². The van der Waals surface area contributed by atoms with E-state index in [1.807, 2.05) is 69.3 Å². The molecule has 2 atom stereocenters. The maximum absolute atomic E-state index is 12.8. The molecule has 0 aliphatic carbocycles. The largest absolute Gasteiger partial charge is 0.456 e. The Balaban J connectivity index is 1.13. The van der Waals surface area contributed by atoms with E-state index in [4.69, 9.17) is 4.74 Å². The number of rotatable bonds is 7. The van der Waals surface area contributed by atoms with E-state index < -0.39 is 17.6 Å². The number of carbonyl (C=O) groups excluding carboxylic acids is 4. The highest BCUT2D eigenvalue weighted by atomic mass is 16.6. The first-order chi connectivity index (χ1) is 20.6. The van der Waals surface area contributed by atoms with E-state index in [1.165, 1.54) is 0 Å². The van der Waals surface area contributed by atoms with Crippen LogP contribution in [0, 0.1) is 5.92 Å². The van der Waals surface area contributed by atoms with Gasteiger partial charge in [-0.05, 0) is 87.9 Å². The highest BCUT2D eigenvalue weighted by Gasteiger charge is 2.30. The number of piperidine rings is 2. The lowest BCUT2D eigenvalue weighted by molar-refractivity contribution is -0.134. The predicted octanol–water partition coefficient (Wildman–Crippen LogP) is 3.04. The second-order valence-electron chi connectivity index (χ2n) is 12.8. The van der Waals surface area contributed by atoms with Crippen LogP contribution in [0.15, 0.2) is 48.5 Å². The van der Waals surface area contributed by atoms with Crippen LogP contribution in [0.25, 0.3) is 0 Å². The molecule has 0 radical (unpaired) electrons. The zero-order chi connectivity index (χ0) is 30.6. The van der Waals surface area contributed by atoms with Gasteiger partial charge in [0.05, 0.1) is 5.56 Å². The summed E-state index contributed by atoms with van der Waals surface area (Å²) < 4.78 is 5.48. The van der Waals surface area contributed by atoms with Crippen molar-refractivity contribution in [1.29, 1.82) is 0 Å². The van der Waals surface area contributed by atoms with Crippen molar-refractivity contribution in [3.63, 3.8) is 0 Å². The highest BCUT2D eigenvalue weighted by molar-refractivity contribution is 6.03. The van der Waals surface area contributed by atoms with E-state index in [2.05, 4.69) is 25.8 Å². The number of carbonyl (C=O) groups is 4. The Morgan fingerprint density at radius 3 is 2.26 bits per heavy atom. The standard InChI is InChI=1S/C33H43N5O5/c1-33(2,3)43-32(42)25-8-10-26(11-9-25)37-17-14-22(15-18-37)21-38-19-16-34-20-28(38)23-4-6-24(7-5-23)30(40)35-27-12-13-29(39)36-31(27)41/h4-11,22,27-28,34H,12-21H2,1-3H3,(H,35,40)(H,36,39,41). The number of anilines is 1. The molecule has 5 rings (SSSR count). The van der Waals surface area contributed by atoms with Crippen LogP contribution in [-0.2, 0) is 14.3 Å². The van der Waals surface area contributed by atoms with Gasteiger partial charge in [-0.3, -0.25) is 24.6 Å². The zero-order valence-corrected chi connectivity index (χ0v) is 25.4. The number of hydrogen-bond donors (Lipinski definition) is 3. The summed E-state index contributed by atoms with van der Waals surface area (Å²) >= 11 is 0. The first kappa shape index (κ1) is 30.7. The summed E-state index contributed by atoms with van der Waals surface area (Å²) in [6.45, 7) is 11.4. The number of nitrogens with one attached hydrogen (secondary N) is 3. The van der Waals surface area contributed by atoms with Crippen LogP contribution in [0.5, 0.6) is 0 Å². The lowest BCUT2D eigenvalue weighted by Crippen LogP contribution is -2.52. The summed E-state index contributed by atoms with van der Waals surface area (Å²) in [5.74, 6) is -0.773. The van der Waals surface area contributed by atoms with Gasteiger partial charge in [-0.25, -0.2) is 4.79 Å². The summed E-state index contributed by atoms with van der Waals surface area (Å²) in [4.78, 5) is 53.5. The molecule has 43 heavy (non-hydrogen) atoms. The molecule has 230 valence electrons. The summed E-state index contributed by atoms with van der Waals surface area (Å²) in [6, 6.07) is 14.9. The number of ether oxygens (including phenoxy) is 1. The van der Waals surface area contributed by atoms with Crippen molar-refractivity contribution in [2.45, 2.75) is 64.1 Å². The number of piperazine rings is 1. The van der Waals surface area contributed by atoms with E-state index in [1.54, 1.807) is 0 Å². The molecule has 3 aliphatic heterocycles. The monoisotopic (exact) mass is 589 g/mol. The molecule has 3 fully saturated rings. The molecule has 3 N–H and O–H groups in total. The molecule has 10 nitrogen and oxygen atoms in total. The fourth-order valence-electron chi connectivity index (χ4n) is 6.07. The number of amides is 3. The average molecular weight is 590 g/mol. The summed E-state index contributed by atoms with van der Waals surface area (Å²) in [5.41, 5.74) is 2.84. The number of imide groups is 1. The Bertz CT molecular complexity index is 1310. The molecule has 3 aliphatic rings. The minimum Gasteiger partial charge on any atom is -0.456 e. The first-order valence-corrected chi connectivity index (χ1v) is 15.3. The molecule has 0 spiro atoms. The van der Waals surface area contributed by atoms with Crippen molar-refractivity contribution in [3.8, 4) is 0 Å². The fraction of sp³-hybridized carbons (Fsp3) is 0.515. The van der Waals surface area contributed by atoms with Crippen molar-refractivity contribution >= 4 is 29.4 Å². The van der Waals surface area contributed by atoms with Crippen LogP contribution in [0.3, 0.4) is 0 Å². The molecule has 0 bridgehead atoms. The molecule has 10 heteroatoms. The van der Waals surface area contributed by atoms with Crippen LogP contribution in [-0.4, -0.2) is 79.5 Å². The minimum absolute atomic E-state index is 0.222. The van der Waals surface area contributed by atoms with Gasteiger partial charge in [0.2, 0.25) is 11.8 Å². The van der Waals surface area contributed by atoms with Gasteiger partial charge >= 0.3 is 5.97 Å². The molecule has 3 saturated heterocycles. The first-order valence-electron chi connectivity index (χ1n) is 15.3. The molecular formula is C33H43N5O5. The smallest absolute Gasteiger partial charge is 0.338 e. The maximum Gasteiger partial charge on any atom is 0.338 e. The molecule has 2 unspecified atom stereocenters. The number of nitrogens with zero attached hydrogens (tertiary/aromatic N) is 2. The third kappa shape index (κ3) is 8.00. The van der Waals surface area contributed by atoms with Crippen LogP contribution >= 0.6 is 0 Å². The third-order valence-corrected chi connectivity index (χ3v) is 8.43. The highest BCUT2D eigenvalue weighted by Crippen LogP contribution is 2.29. The van der Waals surface area contributed by atoms with Gasteiger partial charge < -0.3 is 20.3 Å².